The Hall–Kier alpha value is -2.72. The van der Waals surface area contributed by atoms with Crippen molar-refractivity contribution in [1.82, 2.24) is 0 Å². The van der Waals surface area contributed by atoms with E-state index < -0.39 is 10.8 Å². The van der Waals surface area contributed by atoms with Gasteiger partial charge in [0.1, 0.15) is 5.82 Å². The van der Waals surface area contributed by atoms with Crippen molar-refractivity contribution in [1.29, 1.82) is 0 Å². The van der Waals surface area contributed by atoms with Crippen LogP contribution in [0.5, 0.6) is 0 Å². The number of rotatable bonds is 4. The minimum absolute atomic E-state index is 0.250. The summed E-state index contributed by atoms with van der Waals surface area (Å²) in [4.78, 5) is 1.41. The maximum Gasteiger partial charge on any atom is 0.123 e. The summed E-state index contributed by atoms with van der Waals surface area (Å²) in [6.07, 6.45) is 3.84. The van der Waals surface area contributed by atoms with Crippen molar-refractivity contribution < 1.29 is 8.60 Å². The molecule has 0 aliphatic rings. The van der Waals surface area contributed by atoms with E-state index in [0.29, 0.717) is 10.6 Å². The summed E-state index contributed by atoms with van der Waals surface area (Å²) in [5.74, 6) is -0.250. The second-order valence-electron chi connectivity index (χ2n) is 5.30. The highest BCUT2D eigenvalue weighted by Crippen LogP contribution is 2.19. The summed E-state index contributed by atoms with van der Waals surface area (Å²) in [5.41, 5.74) is 8.23. The van der Waals surface area contributed by atoms with Gasteiger partial charge in [0.05, 0.1) is 10.8 Å². The lowest BCUT2D eigenvalue weighted by Crippen LogP contribution is -1.94. The van der Waals surface area contributed by atoms with Gasteiger partial charge in [-0.05, 0) is 53.6 Å². The third-order valence-corrected chi connectivity index (χ3v) is 4.89. The smallest absolute Gasteiger partial charge is 0.123 e. The second-order valence-corrected chi connectivity index (χ2v) is 6.78. The van der Waals surface area contributed by atoms with E-state index >= 15 is 0 Å². The monoisotopic (exact) mass is 337 g/mol. The highest BCUT2D eigenvalue weighted by molar-refractivity contribution is 7.85. The first-order chi connectivity index (χ1) is 11.6. The summed E-state index contributed by atoms with van der Waals surface area (Å²) >= 11 is 0. The van der Waals surface area contributed by atoms with Gasteiger partial charge in [-0.3, -0.25) is 0 Å². The molecule has 0 heterocycles. The fraction of sp³-hybridized carbons (Fsp3) is 0. The van der Waals surface area contributed by atoms with Gasteiger partial charge >= 0.3 is 0 Å². The van der Waals surface area contributed by atoms with Crippen LogP contribution in [0.3, 0.4) is 0 Å². The zero-order valence-electron chi connectivity index (χ0n) is 12.9. The molecule has 0 saturated carbocycles. The van der Waals surface area contributed by atoms with Gasteiger partial charge in [-0.2, -0.15) is 0 Å². The number of anilines is 1. The minimum atomic E-state index is -1.25. The van der Waals surface area contributed by atoms with Gasteiger partial charge in [-0.25, -0.2) is 8.60 Å². The highest BCUT2D eigenvalue weighted by atomic mass is 32.2. The third-order valence-electron chi connectivity index (χ3n) is 3.50. The quantitative estimate of drug-likeness (QED) is 0.552. The third kappa shape index (κ3) is 3.97. The molecule has 3 rings (SSSR count). The van der Waals surface area contributed by atoms with E-state index in [1.165, 1.54) is 12.1 Å². The van der Waals surface area contributed by atoms with Crippen molar-refractivity contribution in [2.75, 3.05) is 5.73 Å². The summed E-state index contributed by atoms with van der Waals surface area (Å²) in [6, 6.07) is 20.9. The molecule has 3 aromatic rings. The molecule has 120 valence electrons. The maximum atomic E-state index is 12.9. The molecule has 0 bridgehead atoms. The van der Waals surface area contributed by atoms with Crippen LogP contribution in [-0.4, -0.2) is 4.21 Å². The van der Waals surface area contributed by atoms with Gasteiger partial charge in [0.25, 0.3) is 0 Å². The lowest BCUT2D eigenvalue weighted by Gasteiger charge is -2.04. The Bertz CT molecular complexity index is 886. The first-order valence-corrected chi connectivity index (χ1v) is 8.58. The molecule has 0 aliphatic carbocycles. The van der Waals surface area contributed by atoms with Crippen molar-refractivity contribution in [3.05, 3.63) is 89.7 Å². The van der Waals surface area contributed by atoms with E-state index in [1.54, 1.807) is 36.4 Å². The van der Waals surface area contributed by atoms with Crippen molar-refractivity contribution in [3.8, 4) is 0 Å². The number of hydrogen-bond donors (Lipinski definition) is 1. The molecule has 0 radical (unpaired) electrons. The standard InChI is InChI=1S/C20H16FNOS/c21-17-10-6-15(7-11-17)4-5-16-8-12-19(13-9-16)24(23)20-3-1-2-18(22)14-20/h1-14H,22H2. The molecule has 1 unspecified atom stereocenters. The first kappa shape index (κ1) is 16.1. The SMILES string of the molecule is Nc1cccc(S(=O)c2ccc(C=Cc3ccc(F)cc3)cc2)c1. The molecule has 0 spiro atoms. The second kappa shape index (κ2) is 7.23. The first-order valence-electron chi connectivity index (χ1n) is 7.43. The molecule has 0 amide bonds. The Morgan fingerprint density at radius 2 is 1.38 bits per heavy atom. The van der Waals surface area contributed by atoms with E-state index in [-0.39, 0.29) is 5.82 Å². The van der Waals surface area contributed by atoms with Crippen LogP contribution in [0.15, 0.2) is 82.6 Å². The Morgan fingerprint density at radius 1 is 0.792 bits per heavy atom. The van der Waals surface area contributed by atoms with Gasteiger partial charge in [0, 0.05) is 15.5 Å². The van der Waals surface area contributed by atoms with Crippen LogP contribution >= 0.6 is 0 Å². The molecular weight excluding hydrogens is 321 g/mol. The Kier molecular flexibility index (Phi) is 4.87. The average molecular weight is 337 g/mol. The van der Waals surface area contributed by atoms with Gasteiger partial charge in [-0.1, -0.05) is 42.5 Å². The molecule has 0 saturated heterocycles. The molecule has 0 aliphatic heterocycles. The Balaban J connectivity index is 1.75. The van der Waals surface area contributed by atoms with Crippen LogP contribution in [0, 0.1) is 5.82 Å². The molecule has 2 N–H and O–H groups in total. The summed E-state index contributed by atoms with van der Waals surface area (Å²) in [5, 5.41) is 0. The number of hydrogen-bond acceptors (Lipinski definition) is 2. The van der Waals surface area contributed by atoms with E-state index in [4.69, 9.17) is 5.73 Å². The molecular formula is C20H16FNOS. The van der Waals surface area contributed by atoms with Crippen molar-refractivity contribution >= 4 is 28.6 Å². The van der Waals surface area contributed by atoms with Crippen LogP contribution in [-0.2, 0) is 10.8 Å². The average Bonchev–Trinajstić information content (AvgIpc) is 2.61. The van der Waals surface area contributed by atoms with E-state index in [9.17, 15) is 8.60 Å². The van der Waals surface area contributed by atoms with E-state index in [0.717, 1.165) is 16.0 Å². The lowest BCUT2D eigenvalue weighted by molar-refractivity contribution is 0.628. The summed E-state index contributed by atoms with van der Waals surface area (Å²) in [6.45, 7) is 0. The Labute approximate surface area is 142 Å². The minimum Gasteiger partial charge on any atom is -0.399 e. The van der Waals surface area contributed by atoms with E-state index in [1.807, 2.05) is 36.4 Å². The maximum absolute atomic E-state index is 12.9. The zero-order chi connectivity index (χ0) is 16.9. The molecule has 2 nitrogen and oxygen atoms in total. The van der Waals surface area contributed by atoms with Crippen LogP contribution < -0.4 is 5.73 Å². The van der Waals surface area contributed by atoms with Gasteiger partial charge in [-0.15, -0.1) is 0 Å². The van der Waals surface area contributed by atoms with Crippen LogP contribution in [0.25, 0.3) is 12.2 Å². The summed E-state index contributed by atoms with van der Waals surface area (Å²) < 4.78 is 25.4. The van der Waals surface area contributed by atoms with Gasteiger partial charge in [0.15, 0.2) is 0 Å². The fourth-order valence-electron chi connectivity index (χ4n) is 2.23. The van der Waals surface area contributed by atoms with Gasteiger partial charge < -0.3 is 5.73 Å². The topological polar surface area (TPSA) is 43.1 Å². The largest absolute Gasteiger partial charge is 0.399 e. The molecule has 1 atom stereocenters. The van der Waals surface area contributed by atoms with Crippen molar-refractivity contribution in [2.24, 2.45) is 0 Å². The molecule has 4 heteroatoms. The van der Waals surface area contributed by atoms with Crippen LogP contribution in [0.1, 0.15) is 11.1 Å². The number of halogens is 1. The summed E-state index contributed by atoms with van der Waals surface area (Å²) in [7, 11) is -1.25. The predicted octanol–water partition coefficient (Wildman–Crippen LogP) is 4.75. The molecule has 3 aromatic carbocycles. The number of nitrogen functional groups attached to an aromatic ring is 1. The van der Waals surface area contributed by atoms with Crippen molar-refractivity contribution in [3.63, 3.8) is 0 Å². The Morgan fingerprint density at radius 3 is 1.96 bits per heavy atom. The fourth-order valence-corrected chi connectivity index (χ4v) is 3.34. The van der Waals surface area contributed by atoms with Gasteiger partial charge in [0.2, 0.25) is 0 Å². The zero-order valence-corrected chi connectivity index (χ0v) is 13.7. The molecule has 0 aromatic heterocycles. The van der Waals surface area contributed by atoms with Crippen LogP contribution in [0.2, 0.25) is 0 Å². The lowest BCUT2D eigenvalue weighted by atomic mass is 10.1. The molecule has 0 fully saturated rings. The van der Waals surface area contributed by atoms with Crippen molar-refractivity contribution in [2.45, 2.75) is 9.79 Å². The number of benzene rings is 3. The number of nitrogens with two attached hydrogens (primary N) is 1. The van der Waals surface area contributed by atoms with Crippen LogP contribution in [0.4, 0.5) is 10.1 Å². The highest BCUT2D eigenvalue weighted by Gasteiger charge is 2.06. The normalized spacial score (nSPS) is 12.4. The molecule has 24 heavy (non-hydrogen) atoms. The predicted molar refractivity (Wildman–Crippen MR) is 97.3 cm³/mol. The van der Waals surface area contributed by atoms with E-state index in [2.05, 4.69) is 0 Å².